The molecule has 0 bridgehead atoms. The van der Waals surface area contributed by atoms with Crippen molar-refractivity contribution in [2.24, 2.45) is 0 Å². The molecule has 6 heteroatoms. The van der Waals surface area contributed by atoms with E-state index in [4.69, 9.17) is 9.97 Å². The van der Waals surface area contributed by atoms with Crippen LogP contribution in [0.3, 0.4) is 0 Å². The standard InChI is InChI=1S/C22H25N5O/c1-2-12-23-20-18-10-6-7-11-19(18)24-22(25-20)27-15-13-26(14-16-27)21(28)17-8-4-3-5-9-17/h3-11H,2,12-16H2,1H3,(H,23,24,25). The lowest BCUT2D eigenvalue weighted by atomic mass is 10.2. The van der Waals surface area contributed by atoms with Gasteiger partial charge < -0.3 is 15.1 Å². The lowest BCUT2D eigenvalue weighted by Crippen LogP contribution is -2.49. The van der Waals surface area contributed by atoms with Gasteiger partial charge in [-0.15, -0.1) is 0 Å². The summed E-state index contributed by atoms with van der Waals surface area (Å²) in [7, 11) is 0. The van der Waals surface area contributed by atoms with Crippen LogP contribution in [0.25, 0.3) is 10.9 Å². The number of hydrogen-bond donors (Lipinski definition) is 1. The molecule has 1 aliphatic rings. The lowest BCUT2D eigenvalue weighted by Gasteiger charge is -2.35. The number of nitrogens with zero attached hydrogens (tertiary/aromatic N) is 4. The third kappa shape index (κ3) is 3.76. The minimum atomic E-state index is 0.0879. The van der Waals surface area contributed by atoms with E-state index in [-0.39, 0.29) is 5.91 Å². The van der Waals surface area contributed by atoms with E-state index in [1.807, 2.05) is 59.5 Å². The molecule has 0 radical (unpaired) electrons. The largest absolute Gasteiger partial charge is 0.369 e. The zero-order valence-electron chi connectivity index (χ0n) is 16.1. The molecule has 0 spiro atoms. The van der Waals surface area contributed by atoms with Gasteiger partial charge in [0, 0.05) is 43.7 Å². The Morgan fingerprint density at radius 1 is 0.964 bits per heavy atom. The van der Waals surface area contributed by atoms with Crippen molar-refractivity contribution in [3.8, 4) is 0 Å². The van der Waals surface area contributed by atoms with Gasteiger partial charge in [0.2, 0.25) is 5.95 Å². The molecule has 2 aromatic carbocycles. The summed E-state index contributed by atoms with van der Waals surface area (Å²) in [6, 6.07) is 17.5. The molecule has 0 saturated carbocycles. The normalized spacial score (nSPS) is 14.3. The van der Waals surface area contributed by atoms with Crippen molar-refractivity contribution < 1.29 is 4.79 Å². The Balaban J connectivity index is 1.51. The first-order chi connectivity index (χ1) is 13.8. The van der Waals surface area contributed by atoms with Crippen LogP contribution in [0, 0.1) is 0 Å². The van der Waals surface area contributed by atoms with Crippen LogP contribution < -0.4 is 10.2 Å². The zero-order valence-corrected chi connectivity index (χ0v) is 16.1. The zero-order chi connectivity index (χ0) is 19.3. The number of para-hydroxylation sites is 1. The van der Waals surface area contributed by atoms with E-state index in [1.54, 1.807) is 0 Å². The van der Waals surface area contributed by atoms with Gasteiger partial charge in [-0.25, -0.2) is 4.98 Å². The van der Waals surface area contributed by atoms with Gasteiger partial charge in [-0.1, -0.05) is 37.3 Å². The Hall–Kier alpha value is -3.15. The van der Waals surface area contributed by atoms with Gasteiger partial charge in [0.25, 0.3) is 5.91 Å². The summed E-state index contributed by atoms with van der Waals surface area (Å²) in [5.41, 5.74) is 1.68. The molecule has 1 amide bonds. The van der Waals surface area contributed by atoms with Crippen molar-refractivity contribution >= 4 is 28.6 Å². The molecule has 0 unspecified atom stereocenters. The number of nitrogens with one attached hydrogen (secondary N) is 1. The SMILES string of the molecule is CCCNc1nc(N2CCN(C(=O)c3ccccc3)CC2)nc2ccccc12. The average Bonchev–Trinajstić information content (AvgIpc) is 2.77. The monoisotopic (exact) mass is 375 g/mol. The average molecular weight is 375 g/mol. The van der Waals surface area contributed by atoms with Crippen LogP contribution in [0.1, 0.15) is 23.7 Å². The molecule has 144 valence electrons. The molecule has 3 aromatic rings. The molecule has 1 aromatic heterocycles. The summed E-state index contributed by atoms with van der Waals surface area (Å²) in [4.78, 5) is 26.3. The molecule has 4 rings (SSSR count). The smallest absolute Gasteiger partial charge is 0.253 e. The highest BCUT2D eigenvalue weighted by Gasteiger charge is 2.24. The predicted octanol–water partition coefficient (Wildman–Crippen LogP) is 3.41. The van der Waals surface area contributed by atoms with E-state index in [9.17, 15) is 4.79 Å². The predicted molar refractivity (Wildman–Crippen MR) is 113 cm³/mol. The Bertz CT molecular complexity index is 952. The molecule has 0 atom stereocenters. The van der Waals surface area contributed by atoms with Crippen molar-refractivity contribution in [3.05, 3.63) is 60.2 Å². The Kier molecular flexibility index (Phi) is 5.37. The second kappa shape index (κ2) is 8.25. The Labute approximate surface area is 165 Å². The number of hydrogen-bond acceptors (Lipinski definition) is 5. The fourth-order valence-corrected chi connectivity index (χ4v) is 3.46. The van der Waals surface area contributed by atoms with Gasteiger partial charge in [-0.3, -0.25) is 4.79 Å². The molecule has 1 saturated heterocycles. The van der Waals surface area contributed by atoms with Crippen LogP contribution >= 0.6 is 0 Å². The molecule has 1 fully saturated rings. The second-order valence-electron chi connectivity index (χ2n) is 6.96. The summed E-state index contributed by atoms with van der Waals surface area (Å²) >= 11 is 0. The highest BCUT2D eigenvalue weighted by Crippen LogP contribution is 2.24. The summed E-state index contributed by atoms with van der Waals surface area (Å²) in [6.07, 6.45) is 1.04. The summed E-state index contributed by atoms with van der Waals surface area (Å²) in [5.74, 6) is 1.69. The van der Waals surface area contributed by atoms with Crippen molar-refractivity contribution in [1.29, 1.82) is 0 Å². The van der Waals surface area contributed by atoms with Crippen LogP contribution in [0.5, 0.6) is 0 Å². The number of fused-ring (bicyclic) bond motifs is 1. The van der Waals surface area contributed by atoms with E-state index < -0.39 is 0 Å². The minimum absolute atomic E-state index is 0.0879. The van der Waals surface area contributed by atoms with Gasteiger partial charge >= 0.3 is 0 Å². The second-order valence-corrected chi connectivity index (χ2v) is 6.96. The number of carbonyl (C=O) groups excluding carboxylic acids is 1. The molecule has 1 aliphatic heterocycles. The number of rotatable bonds is 5. The maximum Gasteiger partial charge on any atom is 0.253 e. The van der Waals surface area contributed by atoms with Crippen LogP contribution in [0.4, 0.5) is 11.8 Å². The lowest BCUT2D eigenvalue weighted by molar-refractivity contribution is 0.0746. The van der Waals surface area contributed by atoms with Crippen molar-refractivity contribution in [2.75, 3.05) is 42.9 Å². The maximum absolute atomic E-state index is 12.7. The van der Waals surface area contributed by atoms with E-state index in [0.717, 1.165) is 54.3 Å². The highest BCUT2D eigenvalue weighted by atomic mass is 16.2. The molecule has 1 N–H and O–H groups in total. The van der Waals surface area contributed by atoms with Crippen LogP contribution in [-0.2, 0) is 0 Å². The van der Waals surface area contributed by atoms with Crippen molar-refractivity contribution in [3.63, 3.8) is 0 Å². The van der Waals surface area contributed by atoms with Crippen molar-refractivity contribution in [1.82, 2.24) is 14.9 Å². The van der Waals surface area contributed by atoms with E-state index in [0.29, 0.717) is 13.1 Å². The van der Waals surface area contributed by atoms with Gasteiger partial charge in [0.1, 0.15) is 5.82 Å². The fraction of sp³-hybridized carbons (Fsp3) is 0.318. The number of piperazine rings is 1. The minimum Gasteiger partial charge on any atom is -0.369 e. The Morgan fingerprint density at radius 3 is 2.43 bits per heavy atom. The van der Waals surface area contributed by atoms with Crippen LogP contribution in [0.15, 0.2) is 54.6 Å². The Morgan fingerprint density at radius 2 is 1.68 bits per heavy atom. The first-order valence-electron chi connectivity index (χ1n) is 9.86. The summed E-state index contributed by atoms with van der Waals surface area (Å²) in [5, 5.41) is 4.46. The maximum atomic E-state index is 12.7. The number of amides is 1. The molecule has 0 aliphatic carbocycles. The summed E-state index contributed by atoms with van der Waals surface area (Å²) < 4.78 is 0. The van der Waals surface area contributed by atoms with Gasteiger partial charge in [0.15, 0.2) is 0 Å². The third-order valence-corrected chi connectivity index (χ3v) is 5.00. The van der Waals surface area contributed by atoms with E-state index in [2.05, 4.69) is 17.1 Å². The van der Waals surface area contributed by atoms with Gasteiger partial charge in [-0.05, 0) is 30.7 Å². The number of benzene rings is 2. The van der Waals surface area contributed by atoms with Crippen molar-refractivity contribution in [2.45, 2.75) is 13.3 Å². The molecular formula is C22H25N5O. The molecule has 6 nitrogen and oxygen atoms in total. The van der Waals surface area contributed by atoms with E-state index >= 15 is 0 Å². The number of carbonyl (C=O) groups is 1. The summed E-state index contributed by atoms with van der Waals surface area (Å²) in [6.45, 7) is 5.80. The van der Waals surface area contributed by atoms with Crippen LogP contribution in [-0.4, -0.2) is 53.5 Å². The molecule has 28 heavy (non-hydrogen) atoms. The fourth-order valence-electron chi connectivity index (χ4n) is 3.46. The third-order valence-electron chi connectivity index (χ3n) is 5.00. The van der Waals surface area contributed by atoms with Gasteiger partial charge in [-0.2, -0.15) is 4.98 Å². The van der Waals surface area contributed by atoms with Crippen LogP contribution in [0.2, 0.25) is 0 Å². The molecular weight excluding hydrogens is 350 g/mol. The van der Waals surface area contributed by atoms with Gasteiger partial charge in [0.05, 0.1) is 5.52 Å². The molecule has 2 heterocycles. The number of aromatic nitrogens is 2. The first kappa shape index (κ1) is 18.2. The topological polar surface area (TPSA) is 61.4 Å². The highest BCUT2D eigenvalue weighted by molar-refractivity contribution is 5.94. The number of anilines is 2. The van der Waals surface area contributed by atoms with E-state index in [1.165, 1.54) is 0 Å². The first-order valence-corrected chi connectivity index (χ1v) is 9.86. The quantitative estimate of drug-likeness (QED) is 0.740.